The molecule has 0 atom stereocenters. The van der Waals surface area contributed by atoms with Gasteiger partial charge in [-0.1, -0.05) is 13.8 Å². The van der Waals surface area contributed by atoms with Crippen molar-refractivity contribution >= 4 is 60.0 Å². The largest absolute Gasteiger partial charge is 0.335 e. The summed E-state index contributed by atoms with van der Waals surface area (Å²) in [6, 6.07) is 3.80. The van der Waals surface area contributed by atoms with Gasteiger partial charge in [0, 0.05) is 58.7 Å². The molecule has 170 valence electrons. The molecular formula is C23H19IN8O2. The maximum atomic E-state index is 12.2. The van der Waals surface area contributed by atoms with Crippen LogP contribution in [0.4, 0.5) is 5.69 Å². The monoisotopic (exact) mass is 566 g/mol. The molecule has 0 aliphatic heterocycles. The number of pyridine rings is 3. The van der Waals surface area contributed by atoms with Crippen LogP contribution in [-0.2, 0) is 4.79 Å². The van der Waals surface area contributed by atoms with Gasteiger partial charge < -0.3 is 10.3 Å². The predicted octanol–water partition coefficient (Wildman–Crippen LogP) is 4.52. The average molecular weight is 566 g/mol. The van der Waals surface area contributed by atoms with Crippen molar-refractivity contribution in [1.82, 2.24) is 35.1 Å². The van der Waals surface area contributed by atoms with E-state index in [1.807, 2.05) is 26.0 Å². The molecule has 0 fully saturated rings. The van der Waals surface area contributed by atoms with Crippen molar-refractivity contribution in [3.8, 4) is 22.6 Å². The Balaban J connectivity index is 1.53. The maximum Gasteiger partial charge on any atom is 0.226 e. The lowest BCUT2D eigenvalue weighted by molar-refractivity contribution is -0.116. The van der Waals surface area contributed by atoms with Gasteiger partial charge >= 0.3 is 0 Å². The highest BCUT2D eigenvalue weighted by atomic mass is 127. The first-order valence-electron chi connectivity index (χ1n) is 10.5. The van der Waals surface area contributed by atoms with E-state index in [1.165, 1.54) is 6.20 Å². The third-order valence-electron chi connectivity index (χ3n) is 5.20. The van der Waals surface area contributed by atoms with E-state index in [9.17, 15) is 9.59 Å². The van der Waals surface area contributed by atoms with Crippen LogP contribution in [0.2, 0.25) is 0 Å². The van der Waals surface area contributed by atoms with E-state index < -0.39 is 0 Å². The van der Waals surface area contributed by atoms with Gasteiger partial charge in [0.25, 0.3) is 0 Å². The van der Waals surface area contributed by atoms with Gasteiger partial charge in [0.05, 0.1) is 34.5 Å². The van der Waals surface area contributed by atoms with Gasteiger partial charge in [-0.25, -0.2) is 9.97 Å². The SMILES string of the molecule is CC(C)CC(=O)Nc1cncc(-c2cnc3n[nH]c(-c4nc5c(C(=O)I)cncc5[nH]4)c3c2)c1. The van der Waals surface area contributed by atoms with Crippen LogP contribution in [-0.4, -0.2) is 44.8 Å². The van der Waals surface area contributed by atoms with Crippen LogP contribution in [0.3, 0.4) is 0 Å². The molecular weight excluding hydrogens is 547 g/mol. The number of nitrogens with zero attached hydrogens (tertiary/aromatic N) is 5. The van der Waals surface area contributed by atoms with Gasteiger partial charge in [0.1, 0.15) is 11.2 Å². The minimum Gasteiger partial charge on any atom is -0.335 e. The Labute approximate surface area is 207 Å². The summed E-state index contributed by atoms with van der Waals surface area (Å²) in [6.07, 6.45) is 8.61. The number of aromatic nitrogens is 7. The van der Waals surface area contributed by atoms with Crippen LogP contribution >= 0.6 is 22.6 Å². The van der Waals surface area contributed by atoms with Gasteiger partial charge in [0.2, 0.25) is 9.70 Å². The van der Waals surface area contributed by atoms with Crippen molar-refractivity contribution in [1.29, 1.82) is 0 Å². The Morgan fingerprint density at radius 1 is 1.06 bits per heavy atom. The fraction of sp³-hybridized carbons (Fsp3) is 0.174. The molecule has 5 aromatic rings. The van der Waals surface area contributed by atoms with Gasteiger partial charge in [0.15, 0.2) is 11.5 Å². The molecule has 5 heterocycles. The van der Waals surface area contributed by atoms with Gasteiger partial charge in [-0.05, 0) is 18.1 Å². The van der Waals surface area contributed by atoms with Crippen LogP contribution in [0.5, 0.6) is 0 Å². The lowest BCUT2D eigenvalue weighted by Crippen LogP contribution is -2.13. The van der Waals surface area contributed by atoms with Crippen LogP contribution in [0.25, 0.3) is 44.7 Å². The first kappa shape index (κ1) is 22.1. The Kier molecular flexibility index (Phi) is 5.77. The van der Waals surface area contributed by atoms with Crippen LogP contribution in [0.1, 0.15) is 30.6 Å². The number of fused-ring (bicyclic) bond motifs is 2. The number of aromatic amines is 2. The second kappa shape index (κ2) is 8.89. The van der Waals surface area contributed by atoms with Gasteiger partial charge in [-0.3, -0.25) is 24.7 Å². The van der Waals surface area contributed by atoms with Gasteiger partial charge in [-0.15, -0.1) is 0 Å². The molecule has 11 heteroatoms. The number of amides is 1. The molecule has 0 aliphatic rings. The van der Waals surface area contributed by atoms with E-state index in [2.05, 4.69) is 40.4 Å². The second-order valence-corrected chi connectivity index (χ2v) is 9.22. The number of rotatable bonds is 6. The third kappa shape index (κ3) is 4.25. The standard InChI is InChI=1S/C23H19IN8O2/c1-11(2)3-18(33)28-14-4-12(6-25-8-14)13-5-15-20(31-32-22(15)27-7-13)23-29-17-10-26-9-16(21(24)34)19(17)30-23/h4-11H,3H2,1-2H3,(H,28,33)(H,29,30)(H,27,31,32). The highest BCUT2D eigenvalue weighted by Gasteiger charge is 2.17. The fourth-order valence-electron chi connectivity index (χ4n) is 3.68. The summed E-state index contributed by atoms with van der Waals surface area (Å²) < 4.78 is -0.139. The summed E-state index contributed by atoms with van der Waals surface area (Å²) in [4.78, 5) is 44.8. The summed E-state index contributed by atoms with van der Waals surface area (Å²) in [6.45, 7) is 3.99. The Bertz CT molecular complexity index is 1560. The number of anilines is 1. The summed E-state index contributed by atoms with van der Waals surface area (Å²) in [5.41, 5.74) is 5.03. The van der Waals surface area contributed by atoms with E-state index in [-0.39, 0.29) is 15.6 Å². The first-order valence-corrected chi connectivity index (χ1v) is 11.6. The molecule has 0 aromatic carbocycles. The molecule has 0 spiro atoms. The molecule has 1 amide bonds. The summed E-state index contributed by atoms with van der Waals surface area (Å²) >= 11 is 1.72. The third-order valence-corrected chi connectivity index (χ3v) is 5.78. The normalized spacial score (nSPS) is 11.4. The zero-order chi connectivity index (χ0) is 23.8. The topological polar surface area (TPSA) is 142 Å². The zero-order valence-corrected chi connectivity index (χ0v) is 20.4. The van der Waals surface area contributed by atoms with Crippen molar-refractivity contribution in [2.75, 3.05) is 5.32 Å². The first-order chi connectivity index (χ1) is 16.4. The number of nitrogens with one attached hydrogen (secondary N) is 3. The number of imidazole rings is 1. The maximum absolute atomic E-state index is 12.2. The molecule has 0 radical (unpaired) electrons. The predicted molar refractivity (Wildman–Crippen MR) is 136 cm³/mol. The Morgan fingerprint density at radius 2 is 1.85 bits per heavy atom. The van der Waals surface area contributed by atoms with E-state index >= 15 is 0 Å². The van der Waals surface area contributed by atoms with E-state index in [4.69, 9.17) is 0 Å². The zero-order valence-electron chi connectivity index (χ0n) is 18.3. The lowest BCUT2D eigenvalue weighted by atomic mass is 10.1. The molecule has 34 heavy (non-hydrogen) atoms. The molecule has 0 bridgehead atoms. The molecule has 0 unspecified atom stereocenters. The summed E-state index contributed by atoms with van der Waals surface area (Å²) in [5.74, 6) is 0.738. The quantitative estimate of drug-likeness (QED) is 0.203. The van der Waals surface area contributed by atoms with Crippen molar-refractivity contribution in [2.24, 2.45) is 5.92 Å². The average Bonchev–Trinajstić information content (AvgIpc) is 3.41. The molecule has 10 nitrogen and oxygen atoms in total. The highest BCUT2D eigenvalue weighted by molar-refractivity contribution is 14.1. The lowest BCUT2D eigenvalue weighted by Gasteiger charge is -2.08. The smallest absolute Gasteiger partial charge is 0.226 e. The van der Waals surface area contributed by atoms with E-state index in [1.54, 1.807) is 47.4 Å². The number of hydrogen-bond donors (Lipinski definition) is 3. The number of carbonyl (C=O) groups is 2. The molecule has 0 aliphatic carbocycles. The molecule has 5 rings (SSSR count). The Morgan fingerprint density at radius 3 is 2.65 bits per heavy atom. The summed E-state index contributed by atoms with van der Waals surface area (Å²) in [7, 11) is 0. The molecule has 0 saturated carbocycles. The van der Waals surface area contributed by atoms with Crippen molar-refractivity contribution in [3.05, 3.63) is 48.7 Å². The van der Waals surface area contributed by atoms with Crippen LogP contribution in [0, 0.1) is 5.92 Å². The van der Waals surface area contributed by atoms with Gasteiger partial charge in [-0.2, -0.15) is 5.10 Å². The molecule has 3 N–H and O–H groups in total. The Hall–Kier alpha value is -3.74. The molecule has 5 aromatic heterocycles. The minimum absolute atomic E-state index is 0.0524. The van der Waals surface area contributed by atoms with Crippen molar-refractivity contribution in [2.45, 2.75) is 20.3 Å². The van der Waals surface area contributed by atoms with Crippen LogP contribution in [0.15, 0.2) is 43.1 Å². The fourth-order valence-corrected chi connectivity index (χ4v) is 4.08. The summed E-state index contributed by atoms with van der Waals surface area (Å²) in [5, 5.41) is 10.9. The van der Waals surface area contributed by atoms with E-state index in [0.29, 0.717) is 45.9 Å². The second-order valence-electron chi connectivity index (χ2n) is 8.24. The van der Waals surface area contributed by atoms with Crippen molar-refractivity contribution < 1.29 is 9.59 Å². The number of halogens is 1. The van der Waals surface area contributed by atoms with E-state index in [0.717, 1.165) is 16.5 Å². The van der Waals surface area contributed by atoms with Crippen LogP contribution < -0.4 is 5.32 Å². The van der Waals surface area contributed by atoms with Crippen molar-refractivity contribution in [3.63, 3.8) is 0 Å². The molecule has 0 saturated heterocycles. The number of hydrogen-bond acceptors (Lipinski definition) is 7. The number of carbonyl (C=O) groups excluding carboxylic acids is 2. The number of H-pyrrole nitrogens is 2. The highest BCUT2D eigenvalue weighted by Crippen LogP contribution is 2.30. The minimum atomic E-state index is -0.139.